The molecule has 1 rings (SSSR count). The molecule has 0 radical (unpaired) electrons. The summed E-state index contributed by atoms with van der Waals surface area (Å²) < 4.78 is 13.1. The van der Waals surface area contributed by atoms with Crippen LogP contribution >= 0.6 is 0 Å². The lowest BCUT2D eigenvalue weighted by Gasteiger charge is -1.98. The highest BCUT2D eigenvalue weighted by molar-refractivity contribution is 5.50. The van der Waals surface area contributed by atoms with Crippen LogP contribution in [-0.2, 0) is 0 Å². The van der Waals surface area contributed by atoms with Crippen LogP contribution in [0.3, 0.4) is 0 Å². The van der Waals surface area contributed by atoms with Gasteiger partial charge in [-0.25, -0.2) is 4.39 Å². The lowest BCUT2D eigenvalue weighted by atomic mass is 10.1. The van der Waals surface area contributed by atoms with E-state index in [4.69, 9.17) is 0 Å². The molecule has 0 fully saturated rings. The molecular formula is C10H11F. The number of hydrogen-bond donors (Lipinski definition) is 0. The average molecular weight is 150 g/mol. The third kappa shape index (κ3) is 1.67. The summed E-state index contributed by atoms with van der Waals surface area (Å²) in [6, 6.07) is 5.39. The Bertz CT molecular complexity index is 274. The second-order valence-electron chi connectivity index (χ2n) is 2.48. The molecule has 0 aliphatic heterocycles. The molecule has 1 aromatic carbocycles. The van der Waals surface area contributed by atoms with Gasteiger partial charge in [0.2, 0.25) is 0 Å². The summed E-state index contributed by atoms with van der Waals surface area (Å²) in [7, 11) is 0. The Hall–Kier alpha value is -1.11. The smallest absolute Gasteiger partial charge is 0.133 e. The molecule has 0 aliphatic carbocycles. The Kier molecular flexibility index (Phi) is 2.42. The van der Waals surface area contributed by atoms with Gasteiger partial charge >= 0.3 is 0 Å². The van der Waals surface area contributed by atoms with Gasteiger partial charge in [0, 0.05) is 5.56 Å². The number of benzene rings is 1. The highest BCUT2D eigenvalue weighted by atomic mass is 19.1. The Balaban J connectivity index is 3.16. The molecule has 0 aromatic heterocycles. The van der Waals surface area contributed by atoms with Crippen molar-refractivity contribution in [3.63, 3.8) is 0 Å². The normalized spacial score (nSPS) is 10.8. The fraction of sp³-hybridized carbons (Fsp3) is 0.200. The first-order chi connectivity index (χ1) is 5.25. The highest BCUT2D eigenvalue weighted by Gasteiger charge is 1.99. The van der Waals surface area contributed by atoms with Crippen LogP contribution in [0.4, 0.5) is 4.39 Å². The molecule has 0 saturated heterocycles. The lowest BCUT2D eigenvalue weighted by molar-refractivity contribution is 0.616. The second-order valence-corrected chi connectivity index (χ2v) is 2.48. The zero-order valence-corrected chi connectivity index (χ0v) is 6.76. The van der Waals surface area contributed by atoms with Gasteiger partial charge < -0.3 is 0 Å². The van der Waals surface area contributed by atoms with Crippen LogP contribution in [0.5, 0.6) is 0 Å². The molecule has 0 unspecified atom stereocenters. The largest absolute Gasteiger partial charge is 0.206 e. The SMILES string of the molecule is CC=Cc1cccc(C)c1F. The predicted molar refractivity (Wildman–Crippen MR) is 45.8 cm³/mol. The standard InChI is InChI=1S/C10H11F/c1-3-5-9-7-4-6-8(2)10(9)11/h3-7H,1-2H3. The minimum Gasteiger partial charge on any atom is -0.206 e. The Labute approximate surface area is 66.4 Å². The summed E-state index contributed by atoms with van der Waals surface area (Å²) in [5, 5.41) is 0. The van der Waals surface area contributed by atoms with Gasteiger partial charge in [-0.3, -0.25) is 0 Å². The Morgan fingerprint density at radius 1 is 1.36 bits per heavy atom. The molecule has 0 aliphatic rings. The number of rotatable bonds is 1. The first-order valence-electron chi connectivity index (χ1n) is 3.63. The maximum atomic E-state index is 13.1. The molecule has 0 spiro atoms. The van der Waals surface area contributed by atoms with Gasteiger partial charge in [-0.2, -0.15) is 0 Å². The summed E-state index contributed by atoms with van der Waals surface area (Å²) in [5.74, 6) is -0.120. The minimum atomic E-state index is -0.120. The zero-order chi connectivity index (χ0) is 8.27. The van der Waals surface area contributed by atoms with Gasteiger partial charge in [0.25, 0.3) is 0 Å². The van der Waals surface area contributed by atoms with Gasteiger partial charge in [0.15, 0.2) is 0 Å². The van der Waals surface area contributed by atoms with Gasteiger partial charge in [-0.1, -0.05) is 30.4 Å². The van der Waals surface area contributed by atoms with E-state index in [-0.39, 0.29) is 5.82 Å². The number of aryl methyl sites for hydroxylation is 1. The van der Waals surface area contributed by atoms with Crippen molar-refractivity contribution >= 4 is 6.08 Å². The summed E-state index contributed by atoms with van der Waals surface area (Å²) in [6.45, 7) is 3.64. The van der Waals surface area contributed by atoms with Crippen LogP contribution in [0.1, 0.15) is 18.1 Å². The van der Waals surface area contributed by atoms with Crippen molar-refractivity contribution in [3.05, 3.63) is 41.2 Å². The van der Waals surface area contributed by atoms with E-state index in [1.807, 2.05) is 19.1 Å². The summed E-state index contributed by atoms with van der Waals surface area (Å²) >= 11 is 0. The maximum absolute atomic E-state index is 13.1. The monoisotopic (exact) mass is 150 g/mol. The fourth-order valence-electron chi connectivity index (χ4n) is 0.978. The zero-order valence-electron chi connectivity index (χ0n) is 6.76. The molecule has 0 bridgehead atoms. The quantitative estimate of drug-likeness (QED) is 0.576. The van der Waals surface area contributed by atoms with Crippen molar-refractivity contribution in [2.45, 2.75) is 13.8 Å². The molecule has 1 heteroatoms. The molecule has 0 saturated carbocycles. The van der Waals surface area contributed by atoms with Crippen LogP contribution in [0.25, 0.3) is 6.08 Å². The number of allylic oxidation sites excluding steroid dienone is 1. The van der Waals surface area contributed by atoms with Gasteiger partial charge in [0.1, 0.15) is 5.82 Å². The van der Waals surface area contributed by atoms with E-state index in [9.17, 15) is 4.39 Å². The fourth-order valence-corrected chi connectivity index (χ4v) is 0.978. The molecule has 11 heavy (non-hydrogen) atoms. The highest BCUT2D eigenvalue weighted by Crippen LogP contribution is 2.12. The van der Waals surface area contributed by atoms with E-state index >= 15 is 0 Å². The van der Waals surface area contributed by atoms with Crippen LogP contribution < -0.4 is 0 Å². The van der Waals surface area contributed by atoms with Crippen LogP contribution in [0.2, 0.25) is 0 Å². The topological polar surface area (TPSA) is 0 Å². The summed E-state index contributed by atoms with van der Waals surface area (Å²) in [5.41, 5.74) is 1.35. The van der Waals surface area contributed by atoms with Gasteiger partial charge in [-0.15, -0.1) is 0 Å². The van der Waals surface area contributed by atoms with E-state index in [0.29, 0.717) is 11.1 Å². The van der Waals surface area contributed by atoms with Crippen molar-refractivity contribution in [1.82, 2.24) is 0 Å². The average Bonchev–Trinajstić information content (AvgIpc) is 1.99. The van der Waals surface area contributed by atoms with Crippen molar-refractivity contribution in [1.29, 1.82) is 0 Å². The van der Waals surface area contributed by atoms with Crippen molar-refractivity contribution in [3.8, 4) is 0 Å². The van der Waals surface area contributed by atoms with E-state index < -0.39 is 0 Å². The van der Waals surface area contributed by atoms with Crippen LogP contribution in [0, 0.1) is 12.7 Å². The van der Waals surface area contributed by atoms with Crippen molar-refractivity contribution in [2.24, 2.45) is 0 Å². The van der Waals surface area contributed by atoms with Crippen molar-refractivity contribution in [2.75, 3.05) is 0 Å². The predicted octanol–water partition coefficient (Wildman–Crippen LogP) is 3.17. The molecule has 0 nitrogen and oxygen atoms in total. The third-order valence-electron chi connectivity index (χ3n) is 1.57. The molecular weight excluding hydrogens is 139 g/mol. The molecule has 58 valence electrons. The molecule has 0 amide bonds. The van der Waals surface area contributed by atoms with E-state index in [1.165, 1.54) is 0 Å². The first-order valence-corrected chi connectivity index (χ1v) is 3.63. The molecule has 0 N–H and O–H groups in total. The first kappa shape index (κ1) is 7.99. The molecule has 0 heterocycles. The minimum absolute atomic E-state index is 0.120. The van der Waals surface area contributed by atoms with E-state index in [1.54, 1.807) is 25.1 Å². The third-order valence-corrected chi connectivity index (χ3v) is 1.57. The van der Waals surface area contributed by atoms with Crippen molar-refractivity contribution < 1.29 is 4.39 Å². The number of hydrogen-bond acceptors (Lipinski definition) is 0. The number of halogens is 1. The second kappa shape index (κ2) is 3.33. The van der Waals surface area contributed by atoms with Gasteiger partial charge in [0.05, 0.1) is 0 Å². The Morgan fingerprint density at radius 2 is 2.09 bits per heavy atom. The van der Waals surface area contributed by atoms with E-state index in [2.05, 4.69) is 0 Å². The van der Waals surface area contributed by atoms with Gasteiger partial charge in [-0.05, 0) is 19.4 Å². The van der Waals surface area contributed by atoms with Crippen LogP contribution in [-0.4, -0.2) is 0 Å². The maximum Gasteiger partial charge on any atom is 0.133 e. The molecule has 1 aromatic rings. The Morgan fingerprint density at radius 3 is 2.73 bits per heavy atom. The summed E-state index contributed by atoms with van der Waals surface area (Å²) in [4.78, 5) is 0. The molecule has 0 atom stereocenters. The van der Waals surface area contributed by atoms with E-state index in [0.717, 1.165) is 0 Å². The van der Waals surface area contributed by atoms with Crippen LogP contribution in [0.15, 0.2) is 24.3 Å². The lowest BCUT2D eigenvalue weighted by Crippen LogP contribution is -1.85. The summed E-state index contributed by atoms with van der Waals surface area (Å²) in [6.07, 6.45) is 3.60.